The number of methoxy groups -OCH3 is 1. The summed E-state index contributed by atoms with van der Waals surface area (Å²) in [5.74, 6) is 0.694. The quantitative estimate of drug-likeness (QED) is 0.787. The average molecular weight is 217 g/mol. The van der Waals surface area contributed by atoms with E-state index in [9.17, 15) is 4.79 Å². The van der Waals surface area contributed by atoms with Crippen LogP contribution in [0.4, 0.5) is 5.69 Å². The van der Waals surface area contributed by atoms with E-state index in [0.29, 0.717) is 11.4 Å². The van der Waals surface area contributed by atoms with Gasteiger partial charge in [-0.15, -0.1) is 0 Å². The Bertz CT molecular complexity index is 563. The lowest BCUT2D eigenvalue weighted by Crippen LogP contribution is -2.13. The zero-order valence-corrected chi connectivity index (χ0v) is 8.73. The van der Waals surface area contributed by atoms with E-state index in [2.05, 4.69) is 9.97 Å². The molecule has 5 heteroatoms. The Morgan fingerprint density at radius 3 is 3.00 bits per heavy atom. The Balaban J connectivity index is 2.58. The SMILES string of the molecule is COc1cccc(-c2nc[nH]c(=O)c2N)c1. The van der Waals surface area contributed by atoms with E-state index < -0.39 is 0 Å². The van der Waals surface area contributed by atoms with Crippen LogP contribution in [0.2, 0.25) is 0 Å². The molecular weight excluding hydrogens is 206 g/mol. The number of hydrogen-bond donors (Lipinski definition) is 2. The van der Waals surface area contributed by atoms with Gasteiger partial charge in [0, 0.05) is 5.56 Å². The van der Waals surface area contributed by atoms with Crippen molar-refractivity contribution in [2.24, 2.45) is 0 Å². The molecule has 0 radical (unpaired) electrons. The molecule has 0 aliphatic rings. The molecule has 0 saturated heterocycles. The Morgan fingerprint density at radius 1 is 1.44 bits per heavy atom. The summed E-state index contributed by atoms with van der Waals surface area (Å²) in [6.45, 7) is 0. The lowest BCUT2D eigenvalue weighted by molar-refractivity contribution is 0.415. The minimum atomic E-state index is -0.340. The minimum absolute atomic E-state index is 0.107. The number of aromatic amines is 1. The molecule has 0 aliphatic heterocycles. The predicted molar refractivity (Wildman–Crippen MR) is 61.3 cm³/mol. The summed E-state index contributed by atoms with van der Waals surface area (Å²) >= 11 is 0. The molecule has 82 valence electrons. The first-order valence-corrected chi connectivity index (χ1v) is 4.70. The first kappa shape index (κ1) is 10.2. The van der Waals surface area contributed by atoms with Gasteiger partial charge in [0.15, 0.2) is 0 Å². The number of H-pyrrole nitrogens is 1. The van der Waals surface area contributed by atoms with Crippen molar-refractivity contribution in [2.75, 3.05) is 12.8 Å². The van der Waals surface area contributed by atoms with Crippen LogP contribution in [-0.2, 0) is 0 Å². The molecule has 0 bridgehead atoms. The second-order valence-corrected chi connectivity index (χ2v) is 3.23. The Kier molecular flexibility index (Phi) is 2.59. The molecule has 5 nitrogen and oxygen atoms in total. The van der Waals surface area contributed by atoms with Crippen LogP contribution in [0.5, 0.6) is 5.75 Å². The van der Waals surface area contributed by atoms with E-state index in [1.807, 2.05) is 18.2 Å². The number of benzene rings is 1. The number of anilines is 1. The summed E-state index contributed by atoms with van der Waals surface area (Å²) in [7, 11) is 1.58. The van der Waals surface area contributed by atoms with Gasteiger partial charge in [-0.25, -0.2) is 4.98 Å². The van der Waals surface area contributed by atoms with E-state index in [1.165, 1.54) is 6.33 Å². The summed E-state index contributed by atoms with van der Waals surface area (Å²) in [6, 6.07) is 7.22. The van der Waals surface area contributed by atoms with E-state index in [0.717, 1.165) is 5.56 Å². The van der Waals surface area contributed by atoms with Crippen molar-refractivity contribution in [1.29, 1.82) is 0 Å². The fourth-order valence-corrected chi connectivity index (χ4v) is 1.41. The second-order valence-electron chi connectivity index (χ2n) is 3.23. The van der Waals surface area contributed by atoms with Gasteiger partial charge in [0.25, 0.3) is 5.56 Å². The van der Waals surface area contributed by atoms with Crippen LogP contribution >= 0.6 is 0 Å². The van der Waals surface area contributed by atoms with E-state index >= 15 is 0 Å². The van der Waals surface area contributed by atoms with E-state index in [-0.39, 0.29) is 11.2 Å². The molecule has 1 aromatic heterocycles. The normalized spacial score (nSPS) is 10.1. The zero-order chi connectivity index (χ0) is 11.5. The number of nitrogens with two attached hydrogens (primary N) is 1. The highest BCUT2D eigenvalue weighted by atomic mass is 16.5. The largest absolute Gasteiger partial charge is 0.497 e. The van der Waals surface area contributed by atoms with Gasteiger partial charge in [0.1, 0.15) is 17.1 Å². The molecule has 3 N–H and O–H groups in total. The van der Waals surface area contributed by atoms with Crippen LogP contribution in [0, 0.1) is 0 Å². The van der Waals surface area contributed by atoms with Crippen molar-refractivity contribution in [3.63, 3.8) is 0 Å². The fourth-order valence-electron chi connectivity index (χ4n) is 1.41. The molecule has 0 saturated carbocycles. The lowest BCUT2D eigenvalue weighted by Gasteiger charge is -2.05. The highest BCUT2D eigenvalue weighted by molar-refractivity contribution is 5.72. The predicted octanol–water partition coefficient (Wildman–Crippen LogP) is 1.03. The lowest BCUT2D eigenvalue weighted by atomic mass is 10.1. The summed E-state index contributed by atoms with van der Waals surface area (Å²) in [6.07, 6.45) is 1.33. The summed E-state index contributed by atoms with van der Waals surface area (Å²) in [4.78, 5) is 17.8. The number of nitrogen functional groups attached to an aromatic ring is 1. The Hall–Kier alpha value is -2.30. The number of nitrogens with one attached hydrogen (secondary N) is 1. The van der Waals surface area contributed by atoms with Gasteiger partial charge in [0.05, 0.1) is 13.4 Å². The van der Waals surface area contributed by atoms with E-state index in [4.69, 9.17) is 10.5 Å². The number of nitrogens with zero attached hydrogens (tertiary/aromatic N) is 1. The third-order valence-corrected chi connectivity index (χ3v) is 2.23. The molecule has 0 atom stereocenters. The summed E-state index contributed by atoms with van der Waals surface area (Å²) in [5.41, 5.74) is 6.64. The summed E-state index contributed by atoms with van der Waals surface area (Å²) in [5, 5.41) is 0. The maximum absolute atomic E-state index is 11.3. The monoisotopic (exact) mass is 217 g/mol. The molecule has 0 fully saturated rings. The molecule has 1 heterocycles. The molecule has 1 aromatic carbocycles. The molecule has 0 spiro atoms. The van der Waals surface area contributed by atoms with Gasteiger partial charge in [0.2, 0.25) is 0 Å². The maximum Gasteiger partial charge on any atom is 0.274 e. The summed E-state index contributed by atoms with van der Waals surface area (Å²) < 4.78 is 5.09. The van der Waals surface area contributed by atoms with Crippen LogP contribution < -0.4 is 16.0 Å². The van der Waals surface area contributed by atoms with Crippen LogP contribution in [0.3, 0.4) is 0 Å². The van der Waals surface area contributed by atoms with Gasteiger partial charge in [-0.2, -0.15) is 0 Å². The van der Waals surface area contributed by atoms with Crippen molar-refractivity contribution >= 4 is 5.69 Å². The number of hydrogen-bond acceptors (Lipinski definition) is 4. The standard InChI is InChI=1S/C11H11N3O2/c1-16-8-4-2-3-7(5-8)10-9(12)11(15)14-6-13-10/h2-6H,12H2,1H3,(H,13,14,15). The molecule has 0 aliphatic carbocycles. The third kappa shape index (κ3) is 1.75. The van der Waals surface area contributed by atoms with Gasteiger partial charge in [-0.05, 0) is 12.1 Å². The van der Waals surface area contributed by atoms with Gasteiger partial charge >= 0.3 is 0 Å². The highest BCUT2D eigenvalue weighted by Gasteiger charge is 2.07. The zero-order valence-electron chi connectivity index (χ0n) is 8.73. The maximum atomic E-state index is 11.3. The van der Waals surface area contributed by atoms with E-state index in [1.54, 1.807) is 13.2 Å². The van der Waals surface area contributed by atoms with Crippen LogP contribution in [-0.4, -0.2) is 17.1 Å². The van der Waals surface area contributed by atoms with Crippen molar-refractivity contribution in [1.82, 2.24) is 9.97 Å². The Morgan fingerprint density at radius 2 is 2.25 bits per heavy atom. The van der Waals surface area contributed by atoms with Gasteiger partial charge < -0.3 is 15.5 Å². The number of rotatable bonds is 2. The van der Waals surface area contributed by atoms with Crippen LogP contribution in [0.25, 0.3) is 11.3 Å². The topological polar surface area (TPSA) is 81.0 Å². The van der Waals surface area contributed by atoms with Gasteiger partial charge in [-0.1, -0.05) is 12.1 Å². The number of aromatic nitrogens is 2. The molecule has 16 heavy (non-hydrogen) atoms. The van der Waals surface area contributed by atoms with Gasteiger partial charge in [-0.3, -0.25) is 4.79 Å². The first-order chi connectivity index (χ1) is 7.72. The average Bonchev–Trinajstić information content (AvgIpc) is 2.33. The van der Waals surface area contributed by atoms with Crippen molar-refractivity contribution in [3.8, 4) is 17.0 Å². The molecule has 2 aromatic rings. The fraction of sp³-hybridized carbons (Fsp3) is 0.0909. The minimum Gasteiger partial charge on any atom is -0.497 e. The van der Waals surface area contributed by atoms with Crippen LogP contribution in [0.15, 0.2) is 35.4 Å². The first-order valence-electron chi connectivity index (χ1n) is 4.70. The highest BCUT2D eigenvalue weighted by Crippen LogP contribution is 2.23. The molecule has 0 unspecified atom stereocenters. The van der Waals surface area contributed by atoms with Crippen molar-refractivity contribution in [3.05, 3.63) is 40.9 Å². The molecule has 2 rings (SSSR count). The second kappa shape index (κ2) is 4.06. The molecule has 0 amide bonds. The Labute approximate surface area is 91.9 Å². The van der Waals surface area contributed by atoms with Crippen LogP contribution in [0.1, 0.15) is 0 Å². The number of ether oxygens (including phenoxy) is 1. The third-order valence-electron chi connectivity index (χ3n) is 2.23. The molecular formula is C11H11N3O2. The van der Waals surface area contributed by atoms with Crippen molar-refractivity contribution in [2.45, 2.75) is 0 Å². The smallest absolute Gasteiger partial charge is 0.274 e. The van der Waals surface area contributed by atoms with Crippen molar-refractivity contribution < 1.29 is 4.74 Å².